The van der Waals surface area contributed by atoms with E-state index in [-0.39, 0.29) is 24.9 Å². The molecular weight excluding hydrogens is 475 g/mol. The number of carbonyl (C=O) groups is 2. The maximum Gasteiger partial charge on any atom is 0.573 e. The summed E-state index contributed by atoms with van der Waals surface area (Å²) < 4.78 is 46.0. The van der Waals surface area contributed by atoms with E-state index in [0.717, 1.165) is 23.3 Å². The molecule has 0 spiro atoms. The largest absolute Gasteiger partial charge is 0.573 e. The Labute approximate surface area is 206 Å². The van der Waals surface area contributed by atoms with Gasteiger partial charge in [-0.15, -0.1) is 13.2 Å². The highest BCUT2D eigenvalue weighted by Crippen LogP contribution is 2.25. The molecule has 3 aromatic rings. The van der Waals surface area contributed by atoms with E-state index in [0.29, 0.717) is 16.9 Å². The van der Waals surface area contributed by atoms with Crippen LogP contribution >= 0.6 is 0 Å². The summed E-state index contributed by atoms with van der Waals surface area (Å²) in [5.74, 6) is -0.809. The number of hydrogen-bond acceptors (Lipinski definition) is 5. The molecule has 190 valence electrons. The highest BCUT2D eigenvalue weighted by molar-refractivity contribution is 5.91. The van der Waals surface area contributed by atoms with Crippen molar-refractivity contribution in [3.8, 4) is 17.0 Å². The molecule has 0 aliphatic heterocycles. The first-order valence-corrected chi connectivity index (χ1v) is 11.2. The number of nitrogens with one attached hydrogen (secondary N) is 1. The van der Waals surface area contributed by atoms with Crippen molar-refractivity contribution in [3.05, 3.63) is 78.0 Å². The Kier molecular flexibility index (Phi) is 8.52. The average molecular weight is 502 g/mol. The summed E-state index contributed by atoms with van der Waals surface area (Å²) >= 11 is 0. The van der Waals surface area contributed by atoms with Crippen LogP contribution in [0.1, 0.15) is 36.7 Å². The summed E-state index contributed by atoms with van der Waals surface area (Å²) in [5, 5.41) is 2.70. The van der Waals surface area contributed by atoms with E-state index < -0.39 is 18.4 Å². The van der Waals surface area contributed by atoms with E-state index in [1.807, 2.05) is 38.1 Å². The van der Waals surface area contributed by atoms with Crippen LogP contribution in [0.4, 0.5) is 23.7 Å². The Morgan fingerprint density at radius 3 is 2.42 bits per heavy atom. The Bertz CT molecular complexity index is 1200. The first kappa shape index (κ1) is 26.5. The molecular formula is C26H26F3N3O4. The van der Waals surface area contributed by atoms with E-state index in [9.17, 15) is 22.8 Å². The van der Waals surface area contributed by atoms with Gasteiger partial charge in [-0.25, -0.2) is 9.59 Å². The summed E-state index contributed by atoms with van der Waals surface area (Å²) in [6.07, 6.45) is -3.25. The lowest BCUT2D eigenvalue weighted by atomic mass is 10.1. The molecule has 1 heterocycles. The molecule has 1 aromatic heterocycles. The lowest BCUT2D eigenvalue weighted by molar-refractivity contribution is -0.274. The second kappa shape index (κ2) is 11.6. The zero-order valence-electron chi connectivity index (χ0n) is 20.0. The lowest BCUT2D eigenvalue weighted by Gasteiger charge is -2.27. The Balaban J connectivity index is 1.73. The molecule has 0 saturated carbocycles. The molecule has 7 nitrogen and oxygen atoms in total. The van der Waals surface area contributed by atoms with Crippen molar-refractivity contribution >= 4 is 17.7 Å². The van der Waals surface area contributed by atoms with Crippen LogP contribution < -0.4 is 10.1 Å². The highest BCUT2D eigenvalue weighted by atomic mass is 19.4. The average Bonchev–Trinajstić information content (AvgIpc) is 2.83. The van der Waals surface area contributed by atoms with Crippen molar-refractivity contribution in [2.75, 3.05) is 11.9 Å². The van der Waals surface area contributed by atoms with Gasteiger partial charge in [-0.2, -0.15) is 0 Å². The van der Waals surface area contributed by atoms with Gasteiger partial charge in [-0.3, -0.25) is 4.98 Å². The van der Waals surface area contributed by atoms with Gasteiger partial charge >= 0.3 is 18.4 Å². The van der Waals surface area contributed by atoms with Gasteiger partial charge < -0.3 is 19.7 Å². The zero-order valence-corrected chi connectivity index (χ0v) is 20.0. The molecule has 0 unspecified atom stereocenters. The monoisotopic (exact) mass is 501 g/mol. The lowest BCUT2D eigenvalue weighted by Crippen LogP contribution is -2.39. The van der Waals surface area contributed by atoms with Crippen LogP contribution in [-0.4, -0.2) is 40.9 Å². The fourth-order valence-electron chi connectivity index (χ4n) is 3.38. The number of hydrogen-bond donors (Lipinski definition) is 1. The quantitative estimate of drug-likeness (QED) is 0.368. The molecule has 36 heavy (non-hydrogen) atoms. The number of aromatic nitrogens is 1. The maximum atomic E-state index is 12.9. The maximum absolute atomic E-state index is 12.9. The standard InChI is InChI=1S/C26H26F3N3O4/c1-4-35-24(33)20-12-13-30-23(15-20)19-7-5-6-18(14-19)16-32(17(2)3)25(34)31-21-8-10-22(11-9-21)36-26(27,28)29/h5-15,17H,4,16H2,1-3H3,(H,31,34). The fourth-order valence-corrected chi connectivity index (χ4v) is 3.38. The van der Waals surface area contributed by atoms with Crippen LogP contribution in [0, 0.1) is 0 Å². The fraction of sp³-hybridized carbons (Fsp3) is 0.269. The molecule has 2 aromatic carbocycles. The van der Waals surface area contributed by atoms with Crippen molar-refractivity contribution in [2.24, 2.45) is 0 Å². The third kappa shape index (κ3) is 7.46. The minimum atomic E-state index is -4.79. The van der Waals surface area contributed by atoms with Gasteiger partial charge in [-0.05, 0) is 68.8 Å². The number of nitrogens with zero attached hydrogens (tertiary/aromatic N) is 2. The topological polar surface area (TPSA) is 80.8 Å². The van der Waals surface area contributed by atoms with E-state index >= 15 is 0 Å². The number of amides is 2. The van der Waals surface area contributed by atoms with E-state index in [4.69, 9.17) is 4.74 Å². The number of rotatable bonds is 8. The van der Waals surface area contributed by atoms with E-state index in [1.54, 1.807) is 24.0 Å². The number of pyridine rings is 1. The molecule has 10 heteroatoms. The minimum Gasteiger partial charge on any atom is -0.462 e. The molecule has 1 N–H and O–H groups in total. The van der Waals surface area contributed by atoms with Gasteiger partial charge in [-0.1, -0.05) is 18.2 Å². The smallest absolute Gasteiger partial charge is 0.462 e. The van der Waals surface area contributed by atoms with Gasteiger partial charge in [0.1, 0.15) is 5.75 Å². The third-order valence-electron chi connectivity index (χ3n) is 5.07. The third-order valence-corrected chi connectivity index (χ3v) is 5.07. The first-order valence-electron chi connectivity index (χ1n) is 11.2. The van der Waals surface area contributed by atoms with E-state index in [2.05, 4.69) is 15.0 Å². The molecule has 2 amide bonds. The van der Waals surface area contributed by atoms with Crippen LogP contribution in [0.3, 0.4) is 0 Å². The molecule has 0 bridgehead atoms. The summed E-state index contributed by atoms with van der Waals surface area (Å²) in [4.78, 5) is 30.9. The molecule has 0 aliphatic carbocycles. The normalized spacial score (nSPS) is 11.2. The van der Waals surface area contributed by atoms with Crippen LogP contribution in [0.15, 0.2) is 66.9 Å². The van der Waals surface area contributed by atoms with Crippen LogP contribution in [0.25, 0.3) is 11.3 Å². The number of benzene rings is 2. The van der Waals surface area contributed by atoms with Crippen LogP contribution in [0.2, 0.25) is 0 Å². The first-order chi connectivity index (χ1) is 17.1. The summed E-state index contributed by atoms with van der Waals surface area (Å²) in [6.45, 7) is 5.98. The molecule has 3 rings (SSSR count). The second-order valence-corrected chi connectivity index (χ2v) is 8.07. The summed E-state index contributed by atoms with van der Waals surface area (Å²) in [7, 11) is 0. The number of urea groups is 1. The van der Waals surface area contributed by atoms with Crippen LogP contribution in [-0.2, 0) is 11.3 Å². The van der Waals surface area contributed by atoms with Crippen molar-refractivity contribution in [1.82, 2.24) is 9.88 Å². The van der Waals surface area contributed by atoms with Crippen molar-refractivity contribution in [2.45, 2.75) is 39.7 Å². The number of ether oxygens (including phenoxy) is 2. The predicted molar refractivity (Wildman–Crippen MR) is 128 cm³/mol. The van der Waals surface area contributed by atoms with Crippen molar-refractivity contribution < 1.29 is 32.2 Å². The number of esters is 1. The molecule has 0 atom stereocenters. The van der Waals surface area contributed by atoms with Gasteiger partial charge in [0.05, 0.1) is 17.9 Å². The Hall–Kier alpha value is -4.08. The van der Waals surface area contributed by atoms with Crippen molar-refractivity contribution in [3.63, 3.8) is 0 Å². The molecule has 0 radical (unpaired) electrons. The molecule has 0 saturated heterocycles. The number of anilines is 1. The van der Waals surface area contributed by atoms with Gasteiger partial charge in [0.25, 0.3) is 0 Å². The molecule has 0 aliphatic rings. The second-order valence-electron chi connectivity index (χ2n) is 8.07. The Morgan fingerprint density at radius 2 is 1.78 bits per heavy atom. The minimum absolute atomic E-state index is 0.174. The van der Waals surface area contributed by atoms with E-state index in [1.165, 1.54) is 18.3 Å². The van der Waals surface area contributed by atoms with Gasteiger partial charge in [0.15, 0.2) is 0 Å². The van der Waals surface area contributed by atoms with Crippen LogP contribution in [0.5, 0.6) is 5.75 Å². The molecule has 0 fully saturated rings. The number of carbonyl (C=O) groups excluding carboxylic acids is 2. The SMILES string of the molecule is CCOC(=O)c1ccnc(-c2cccc(CN(C(=O)Nc3ccc(OC(F)(F)F)cc3)C(C)C)c2)c1. The van der Waals surface area contributed by atoms with Crippen molar-refractivity contribution in [1.29, 1.82) is 0 Å². The number of halogens is 3. The van der Waals surface area contributed by atoms with Gasteiger partial charge in [0, 0.05) is 30.0 Å². The zero-order chi connectivity index (χ0) is 26.3. The van der Waals surface area contributed by atoms with Gasteiger partial charge in [0.2, 0.25) is 0 Å². The highest BCUT2D eigenvalue weighted by Gasteiger charge is 2.31. The summed E-state index contributed by atoms with van der Waals surface area (Å²) in [5.41, 5.74) is 2.90. The number of alkyl halides is 3. The summed E-state index contributed by atoms with van der Waals surface area (Å²) in [6, 6.07) is 15.0. The Morgan fingerprint density at radius 1 is 1.06 bits per heavy atom. The predicted octanol–water partition coefficient (Wildman–Crippen LogP) is 6.27.